The molecular weight excluding hydrogens is 229 g/mol. The van der Waals surface area contributed by atoms with E-state index in [0.717, 1.165) is 30.4 Å². The average molecular weight is 251 g/mol. The highest BCUT2D eigenvalue weighted by molar-refractivity contribution is 5.45. The normalized spacial score (nSPS) is 18.0. The zero-order valence-corrected chi connectivity index (χ0v) is 11.3. The van der Waals surface area contributed by atoms with E-state index in [9.17, 15) is 4.39 Å². The molecule has 0 unspecified atom stereocenters. The van der Waals surface area contributed by atoms with Crippen LogP contribution in [0.1, 0.15) is 43.7 Å². The molecule has 0 saturated heterocycles. The van der Waals surface area contributed by atoms with Crippen LogP contribution in [-0.4, -0.2) is 13.7 Å². The van der Waals surface area contributed by atoms with Crippen LogP contribution < -0.4 is 10.5 Å². The molecule has 2 N–H and O–H groups in total. The predicted molar refractivity (Wildman–Crippen MR) is 71.5 cm³/mol. The lowest BCUT2D eigenvalue weighted by molar-refractivity contribution is 0.395. The molecule has 0 atom stereocenters. The van der Waals surface area contributed by atoms with Crippen LogP contribution in [0.25, 0.3) is 0 Å². The number of hydrogen-bond acceptors (Lipinski definition) is 2. The minimum absolute atomic E-state index is 0.0409. The fraction of sp³-hybridized carbons (Fsp3) is 0.600. The number of nitrogens with two attached hydrogens (primary N) is 1. The molecule has 0 aliphatic heterocycles. The van der Waals surface area contributed by atoms with Crippen LogP contribution in [0, 0.1) is 5.82 Å². The third-order valence-electron chi connectivity index (χ3n) is 4.27. The quantitative estimate of drug-likeness (QED) is 0.892. The van der Waals surface area contributed by atoms with Crippen molar-refractivity contribution >= 4 is 0 Å². The topological polar surface area (TPSA) is 35.2 Å². The summed E-state index contributed by atoms with van der Waals surface area (Å²) in [5.41, 5.74) is 8.15. The molecule has 1 aliphatic rings. The smallest absolute Gasteiger partial charge is 0.127 e. The standard InChI is InChI=1S/C15H22FNO/c1-3-12-13(8-11(16)9-14(12)18-2)15(10-17)6-4-5-7-15/h8-9H,3-7,10,17H2,1-2H3. The van der Waals surface area contributed by atoms with Crippen molar-refractivity contribution in [3.8, 4) is 5.75 Å². The Morgan fingerprint density at radius 2 is 2.00 bits per heavy atom. The summed E-state index contributed by atoms with van der Waals surface area (Å²) < 4.78 is 19.1. The minimum atomic E-state index is -0.223. The van der Waals surface area contributed by atoms with E-state index < -0.39 is 0 Å². The predicted octanol–water partition coefficient (Wildman–Crippen LogP) is 3.17. The Morgan fingerprint density at radius 1 is 1.33 bits per heavy atom. The van der Waals surface area contributed by atoms with Crippen molar-refractivity contribution in [2.24, 2.45) is 5.73 Å². The van der Waals surface area contributed by atoms with E-state index in [4.69, 9.17) is 10.5 Å². The second-order valence-electron chi connectivity index (χ2n) is 5.18. The number of benzene rings is 1. The maximum atomic E-state index is 13.8. The van der Waals surface area contributed by atoms with Crippen LogP contribution in [0.5, 0.6) is 5.75 Å². The molecule has 2 nitrogen and oxygen atoms in total. The molecule has 3 heteroatoms. The van der Waals surface area contributed by atoms with Gasteiger partial charge >= 0.3 is 0 Å². The molecule has 1 saturated carbocycles. The molecule has 1 aromatic rings. The van der Waals surface area contributed by atoms with Crippen LogP contribution in [0.2, 0.25) is 0 Å². The van der Waals surface area contributed by atoms with Gasteiger partial charge in [-0.05, 0) is 36.5 Å². The first-order valence-electron chi connectivity index (χ1n) is 6.74. The van der Waals surface area contributed by atoms with Gasteiger partial charge in [-0.25, -0.2) is 4.39 Å². The summed E-state index contributed by atoms with van der Waals surface area (Å²) in [7, 11) is 1.60. The molecule has 2 rings (SSSR count). The fourth-order valence-electron chi connectivity index (χ4n) is 3.27. The Labute approximate surface area is 108 Å². The van der Waals surface area contributed by atoms with Gasteiger partial charge in [0.05, 0.1) is 7.11 Å². The Kier molecular flexibility index (Phi) is 3.91. The Morgan fingerprint density at radius 3 is 2.50 bits per heavy atom. The molecule has 100 valence electrons. The Balaban J connectivity index is 2.57. The molecule has 0 amide bonds. The summed E-state index contributed by atoms with van der Waals surface area (Å²) in [6, 6.07) is 3.14. The Bertz CT molecular complexity index is 425. The lowest BCUT2D eigenvalue weighted by Crippen LogP contribution is -2.33. The summed E-state index contributed by atoms with van der Waals surface area (Å²) in [5.74, 6) is 0.436. The van der Waals surface area contributed by atoms with Gasteiger partial charge in [0.2, 0.25) is 0 Å². The third kappa shape index (κ3) is 2.12. The first-order valence-corrected chi connectivity index (χ1v) is 6.74. The van der Waals surface area contributed by atoms with Gasteiger partial charge in [0, 0.05) is 18.0 Å². The van der Waals surface area contributed by atoms with Crippen molar-refractivity contribution in [1.82, 2.24) is 0 Å². The van der Waals surface area contributed by atoms with Gasteiger partial charge in [0.25, 0.3) is 0 Å². The molecule has 0 heterocycles. The number of methoxy groups -OCH3 is 1. The van der Waals surface area contributed by atoms with Crippen molar-refractivity contribution < 1.29 is 9.13 Å². The van der Waals surface area contributed by atoms with E-state index in [1.54, 1.807) is 13.2 Å². The van der Waals surface area contributed by atoms with Crippen molar-refractivity contribution in [3.63, 3.8) is 0 Å². The van der Waals surface area contributed by atoms with Crippen LogP contribution >= 0.6 is 0 Å². The van der Waals surface area contributed by atoms with Crippen molar-refractivity contribution in [2.75, 3.05) is 13.7 Å². The largest absolute Gasteiger partial charge is 0.496 e. The SMILES string of the molecule is CCc1c(OC)cc(F)cc1C1(CN)CCCC1. The summed E-state index contributed by atoms with van der Waals surface area (Å²) >= 11 is 0. The van der Waals surface area contributed by atoms with Gasteiger partial charge in [-0.15, -0.1) is 0 Å². The molecule has 1 aliphatic carbocycles. The highest BCUT2D eigenvalue weighted by Gasteiger charge is 2.36. The first-order chi connectivity index (χ1) is 8.66. The van der Waals surface area contributed by atoms with E-state index in [1.165, 1.54) is 18.9 Å². The molecule has 18 heavy (non-hydrogen) atoms. The first kappa shape index (κ1) is 13.3. The van der Waals surface area contributed by atoms with Crippen molar-refractivity contribution in [2.45, 2.75) is 44.4 Å². The van der Waals surface area contributed by atoms with Crippen molar-refractivity contribution in [1.29, 1.82) is 0 Å². The van der Waals surface area contributed by atoms with E-state index in [-0.39, 0.29) is 11.2 Å². The third-order valence-corrected chi connectivity index (χ3v) is 4.27. The highest BCUT2D eigenvalue weighted by Crippen LogP contribution is 2.44. The number of rotatable bonds is 4. The van der Waals surface area contributed by atoms with Gasteiger partial charge in [0.15, 0.2) is 0 Å². The van der Waals surface area contributed by atoms with Crippen LogP contribution in [-0.2, 0) is 11.8 Å². The number of halogens is 1. The lowest BCUT2D eigenvalue weighted by atomic mass is 9.76. The molecule has 1 aromatic carbocycles. The van der Waals surface area contributed by atoms with Crippen LogP contribution in [0.4, 0.5) is 4.39 Å². The van der Waals surface area contributed by atoms with Gasteiger partial charge < -0.3 is 10.5 Å². The number of hydrogen-bond donors (Lipinski definition) is 1. The summed E-state index contributed by atoms with van der Waals surface area (Å²) in [5, 5.41) is 0. The summed E-state index contributed by atoms with van der Waals surface area (Å²) in [6.07, 6.45) is 5.32. The maximum absolute atomic E-state index is 13.8. The van der Waals surface area contributed by atoms with Crippen molar-refractivity contribution in [3.05, 3.63) is 29.1 Å². The molecule has 1 fully saturated rings. The minimum Gasteiger partial charge on any atom is -0.496 e. The van der Waals surface area contributed by atoms with E-state index in [0.29, 0.717) is 12.3 Å². The van der Waals surface area contributed by atoms with E-state index in [1.807, 2.05) is 0 Å². The second-order valence-corrected chi connectivity index (χ2v) is 5.18. The Hall–Kier alpha value is -1.09. The van der Waals surface area contributed by atoms with Crippen LogP contribution in [0.3, 0.4) is 0 Å². The highest BCUT2D eigenvalue weighted by atomic mass is 19.1. The zero-order chi connectivity index (χ0) is 13.2. The summed E-state index contributed by atoms with van der Waals surface area (Å²) in [4.78, 5) is 0. The average Bonchev–Trinajstić information content (AvgIpc) is 2.87. The van der Waals surface area contributed by atoms with Gasteiger partial charge in [-0.3, -0.25) is 0 Å². The molecule has 0 aromatic heterocycles. The maximum Gasteiger partial charge on any atom is 0.127 e. The molecular formula is C15H22FNO. The summed E-state index contributed by atoms with van der Waals surface area (Å²) in [6.45, 7) is 2.67. The second kappa shape index (κ2) is 5.27. The van der Waals surface area contributed by atoms with Gasteiger partial charge in [-0.1, -0.05) is 19.8 Å². The van der Waals surface area contributed by atoms with E-state index in [2.05, 4.69) is 6.92 Å². The van der Waals surface area contributed by atoms with Gasteiger partial charge in [-0.2, -0.15) is 0 Å². The molecule has 0 radical (unpaired) electrons. The zero-order valence-electron chi connectivity index (χ0n) is 11.3. The molecule has 0 bridgehead atoms. The lowest BCUT2D eigenvalue weighted by Gasteiger charge is -2.31. The van der Waals surface area contributed by atoms with Gasteiger partial charge in [0.1, 0.15) is 11.6 Å². The fourth-order valence-corrected chi connectivity index (χ4v) is 3.27. The van der Waals surface area contributed by atoms with E-state index >= 15 is 0 Å². The molecule has 0 spiro atoms. The number of ether oxygens (including phenoxy) is 1. The monoisotopic (exact) mass is 251 g/mol. The van der Waals surface area contributed by atoms with Crippen LogP contribution in [0.15, 0.2) is 12.1 Å².